The molecular formula is C16H18ClNO. The first-order valence-electron chi connectivity index (χ1n) is 6.28. The number of aryl methyl sites for hydroxylation is 2. The molecule has 0 spiro atoms. The third kappa shape index (κ3) is 3.49. The van der Waals surface area contributed by atoms with E-state index in [4.69, 9.17) is 16.3 Å². The lowest BCUT2D eigenvalue weighted by atomic mass is 10.1. The van der Waals surface area contributed by atoms with Crippen molar-refractivity contribution in [3.8, 4) is 11.5 Å². The molecule has 0 amide bonds. The molecule has 0 saturated carbocycles. The summed E-state index contributed by atoms with van der Waals surface area (Å²) in [6.45, 7) is 4.92. The summed E-state index contributed by atoms with van der Waals surface area (Å²) in [6.07, 6.45) is 0. The monoisotopic (exact) mass is 275 g/mol. The lowest BCUT2D eigenvalue weighted by Crippen LogP contribution is -2.05. The Hall–Kier alpha value is -1.51. The predicted octanol–water partition coefficient (Wildman–Crippen LogP) is 4.47. The van der Waals surface area contributed by atoms with Crippen LogP contribution in [0, 0.1) is 13.8 Å². The molecule has 2 nitrogen and oxygen atoms in total. The van der Waals surface area contributed by atoms with Crippen LogP contribution in [0.5, 0.6) is 11.5 Å². The molecule has 0 atom stereocenters. The van der Waals surface area contributed by atoms with Gasteiger partial charge in [0.25, 0.3) is 0 Å². The molecule has 0 unspecified atom stereocenters. The lowest BCUT2D eigenvalue weighted by molar-refractivity contribution is 0.475. The van der Waals surface area contributed by atoms with Crippen LogP contribution in [0.15, 0.2) is 36.4 Å². The Balaban J connectivity index is 2.25. The van der Waals surface area contributed by atoms with Crippen molar-refractivity contribution in [1.29, 1.82) is 0 Å². The largest absolute Gasteiger partial charge is 0.457 e. The first kappa shape index (κ1) is 13.9. The minimum Gasteiger partial charge on any atom is -0.457 e. The standard InChI is InChI=1S/C16H18ClNO/c1-11-4-6-14(17)9-16(11)19-15-7-5-13(10-18-3)8-12(15)2/h4-9,18H,10H2,1-3H3. The Kier molecular flexibility index (Phi) is 4.46. The van der Waals surface area contributed by atoms with Gasteiger partial charge in [-0.1, -0.05) is 29.8 Å². The zero-order valence-electron chi connectivity index (χ0n) is 11.5. The molecule has 1 N–H and O–H groups in total. The van der Waals surface area contributed by atoms with E-state index in [-0.39, 0.29) is 0 Å². The van der Waals surface area contributed by atoms with Crippen LogP contribution < -0.4 is 10.1 Å². The second-order valence-corrected chi connectivity index (χ2v) is 5.08. The fourth-order valence-electron chi connectivity index (χ4n) is 1.94. The van der Waals surface area contributed by atoms with Gasteiger partial charge in [-0.25, -0.2) is 0 Å². The van der Waals surface area contributed by atoms with E-state index >= 15 is 0 Å². The van der Waals surface area contributed by atoms with Gasteiger partial charge < -0.3 is 10.1 Å². The van der Waals surface area contributed by atoms with Crippen molar-refractivity contribution in [1.82, 2.24) is 5.32 Å². The van der Waals surface area contributed by atoms with E-state index in [9.17, 15) is 0 Å². The summed E-state index contributed by atoms with van der Waals surface area (Å²) in [7, 11) is 1.94. The summed E-state index contributed by atoms with van der Waals surface area (Å²) < 4.78 is 5.95. The van der Waals surface area contributed by atoms with Gasteiger partial charge in [-0.2, -0.15) is 0 Å². The SMILES string of the molecule is CNCc1ccc(Oc2cc(Cl)ccc2C)c(C)c1. The Morgan fingerprint density at radius 2 is 1.79 bits per heavy atom. The second kappa shape index (κ2) is 6.09. The number of hydrogen-bond acceptors (Lipinski definition) is 2. The van der Waals surface area contributed by atoms with Gasteiger partial charge in [0.05, 0.1) is 0 Å². The van der Waals surface area contributed by atoms with Gasteiger partial charge in [-0.05, 0) is 55.8 Å². The molecule has 0 fully saturated rings. The highest BCUT2D eigenvalue weighted by Crippen LogP contribution is 2.30. The van der Waals surface area contributed by atoms with Crippen molar-refractivity contribution in [2.75, 3.05) is 7.05 Å². The molecule has 0 bridgehead atoms. The summed E-state index contributed by atoms with van der Waals surface area (Å²) in [4.78, 5) is 0. The molecule has 0 radical (unpaired) electrons. The number of rotatable bonds is 4. The van der Waals surface area contributed by atoms with E-state index in [0.717, 1.165) is 29.2 Å². The zero-order valence-corrected chi connectivity index (χ0v) is 12.2. The molecule has 2 aromatic rings. The van der Waals surface area contributed by atoms with Crippen molar-refractivity contribution < 1.29 is 4.74 Å². The number of benzene rings is 2. The third-order valence-electron chi connectivity index (χ3n) is 2.99. The lowest BCUT2D eigenvalue weighted by Gasteiger charge is -2.12. The quantitative estimate of drug-likeness (QED) is 0.889. The van der Waals surface area contributed by atoms with Gasteiger partial charge in [0.1, 0.15) is 11.5 Å². The fourth-order valence-corrected chi connectivity index (χ4v) is 2.10. The molecule has 0 heterocycles. The molecule has 0 aliphatic heterocycles. The molecular weight excluding hydrogens is 258 g/mol. The Morgan fingerprint density at radius 3 is 2.47 bits per heavy atom. The van der Waals surface area contributed by atoms with E-state index < -0.39 is 0 Å². The van der Waals surface area contributed by atoms with Gasteiger partial charge in [0.15, 0.2) is 0 Å². The van der Waals surface area contributed by atoms with Crippen molar-refractivity contribution >= 4 is 11.6 Å². The third-order valence-corrected chi connectivity index (χ3v) is 3.23. The van der Waals surface area contributed by atoms with Crippen LogP contribution in [-0.4, -0.2) is 7.05 Å². The van der Waals surface area contributed by atoms with Crippen molar-refractivity contribution in [2.24, 2.45) is 0 Å². The van der Waals surface area contributed by atoms with Gasteiger partial charge in [-0.15, -0.1) is 0 Å². The highest BCUT2D eigenvalue weighted by molar-refractivity contribution is 6.30. The summed E-state index contributed by atoms with van der Waals surface area (Å²) in [5.41, 5.74) is 3.44. The topological polar surface area (TPSA) is 21.3 Å². The van der Waals surface area contributed by atoms with Crippen LogP contribution in [0.25, 0.3) is 0 Å². The van der Waals surface area contributed by atoms with E-state index in [0.29, 0.717) is 5.02 Å². The van der Waals surface area contributed by atoms with E-state index in [2.05, 4.69) is 17.4 Å². The first-order chi connectivity index (χ1) is 9.10. The minimum absolute atomic E-state index is 0.685. The fraction of sp³-hybridized carbons (Fsp3) is 0.250. The molecule has 19 heavy (non-hydrogen) atoms. The van der Waals surface area contributed by atoms with Crippen LogP contribution in [0.2, 0.25) is 5.02 Å². The molecule has 0 aliphatic carbocycles. The Morgan fingerprint density at radius 1 is 1.00 bits per heavy atom. The van der Waals surface area contributed by atoms with Crippen LogP contribution in [0.1, 0.15) is 16.7 Å². The second-order valence-electron chi connectivity index (χ2n) is 4.64. The number of hydrogen-bond donors (Lipinski definition) is 1. The van der Waals surface area contributed by atoms with Crippen LogP contribution in [0.4, 0.5) is 0 Å². The molecule has 0 aromatic heterocycles. The molecule has 100 valence electrons. The average molecular weight is 276 g/mol. The maximum absolute atomic E-state index is 6.00. The number of halogens is 1. The highest BCUT2D eigenvalue weighted by atomic mass is 35.5. The Bertz CT molecular complexity index is 581. The predicted molar refractivity (Wildman–Crippen MR) is 80.2 cm³/mol. The van der Waals surface area contributed by atoms with Crippen molar-refractivity contribution in [3.63, 3.8) is 0 Å². The molecule has 2 rings (SSSR count). The Labute approximate surface area is 119 Å². The first-order valence-corrected chi connectivity index (χ1v) is 6.66. The smallest absolute Gasteiger partial charge is 0.131 e. The average Bonchev–Trinajstić information content (AvgIpc) is 2.37. The van der Waals surface area contributed by atoms with Gasteiger partial charge in [0, 0.05) is 11.6 Å². The molecule has 0 aliphatic rings. The summed E-state index contributed by atoms with van der Waals surface area (Å²) in [5, 5.41) is 3.82. The summed E-state index contributed by atoms with van der Waals surface area (Å²) in [6, 6.07) is 11.9. The van der Waals surface area contributed by atoms with Gasteiger partial charge >= 0.3 is 0 Å². The van der Waals surface area contributed by atoms with Crippen LogP contribution in [-0.2, 0) is 6.54 Å². The van der Waals surface area contributed by atoms with Crippen LogP contribution in [0.3, 0.4) is 0 Å². The molecule has 2 aromatic carbocycles. The van der Waals surface area contributed by atoms with Crippen LogP contribution >= 0.6 is 11.6 Å². The van der Waals surface area contributed by atoms with E-state index in [1.165, 1.54) is 5.56 Å². The van der Waals surface area contributed by atoms with Crippen molar-refractivity contribution in [2.45, 2.75) is 20.4 Å². The van der Waals surface area contributed by atoms with Crippen molar-refractivity contribution in [3.05, 3.63) is 58.1 Å². The normalized spacial score (nSPS) is 10.5. The minimum atomic E-state index is 0.685. The van der Waals surface area contributed by atoms with Gasteiger partial charge in [-0.3, -0.25) is 0 Å². The molecule has 3 heteroatoms. The summed E-state index contributed by atoms with van der Waals surface area (Å²) in [5.74, 6) is 1.67. The molecule has 0 saturated heterocycles. The van der Waals surface area contributed by atoms with E-state index in [1.807, 2.05) is 45.2 Å². The van der Waals surface area contributed by atoms with E-state index in [1.54, 1.807) is 0 Å². The maximum atomic E-state index is 6.00. The number of ether oxygens (including phenoxy) is 1. The summed E-state index contributed by atoms with van der Waals surface area (Å²) >= 11 is 6.00. The van der Waals surface area contributed by atoms with Gasteiger partial charge in [0.2, 0.25) is 0 Å². The maximum Gasteiger partial charge on any atom is 0.131 e. The highest BCUT2D eigenvalue weighted by Gasteiger charge is 2.06. The number of nitrogens with one attached hydrogen (secondary N) is 1. The zero-order chi connectivity index (χ0) is 13.8.